The highest BCUT2D eigenvalue weighted by Crippen LogP contribution is 2.32. The first-order valence-corrected chi connectivity index (χ1v) is 4.80. The van der Waals surface area contributed by atoms with E-state index in [0.717, 1.165) is 5.69 Å². The summed E-state index contributed by atoms with van der Waals surface area (Å²) >= 11 is 0. The lowest BCUT2D eigenvalue weighted by molar-refractivity contribution is 0.802. The van der Waals surface area contributed by atoms with Crippen LogP contribution in [0.5, 0.6) is 0 Å². The number of benzene rings is 1. The van der Waals surface area contributed by atoms with E-state index in [9.17, 15) is 0 Å². The van der Waals surface area contributed by atoms with E-state index in [2.05, 4.69) is 31.2 Å². The molecule has 1 aliphatic carbocycles. The topological polar surface area (TPSA) is 26.0 Å². The predicted molar refractivity (Wildman–Crippen MR) is 56.7 cm³/mol. The zero-order valence-electron chi connectivity index (χ0n) is 7.96. The van der Waals surface area contributed by atoms with Crippen LogP contribution < -0.4 is 5.73 Å². The zero-order chi connectivity index (χ0) is 9.26. The Hall–Kier alpha value is -1.24. The highest BCUT2D eigenvalue weighted by Gasteiger charge is 2.13. The fraction of sp³-hybridized carbons (Fsp3) is 0.333. The van der Waals surface area contributed by atoms with Gasteiger partial charge in [0.2, 0.25) is 0 Å². The molecule has 0 saturated carbocycles. The Morgan fingerprint density at radius 1 is 1.38 bits per heavy atom. The molecule has 0 radical (unpaired) electrons. The summed E-state index contributed by atoms with van der Waals surface area (Å²) in [6.45, 7) is 2.11. The van der Waals surface area contributed by atoms with Crippen LogP contribution >= 0.6 is 0 Å². The lowest BCUT2D eigenvalue weighted by atomic mass is 9.95. The van der Waals surface area contributed by atoms with Crippen LogP contribution in [-0.2, 0) is 0 Å². The third-order valence-electron chi connectivity index (χ3n) is 2.65. The molecule has 1 atom stereocenters. The van der Waals surface area contributed by atoms with Gasteiger partial charge in [-0.15, -0.1) is 0 Å². The fourth-order valence-electron chi connectivity index (χ4n) is 1.91. The van der Waals surface area contributed by atoms with Crippen molar-refractivity contribution >= 4 is 5.69 Å². The molecule has 0 heterocycles. The minimum Gasteiger partial charge on any atom is -0.398 e. The highest BCUT2D eigenvalue weighted by molar-refractivity contribution is 5.52. The van der Waals surface area contributed by atoms with E-state index in [1.165, 1.54) is 24.0 Å². The quantitative estimate of drug-likeness (QED) is 0.512. The third-order valence-corrected chi connectivity index (χ3v) is 2.65. The fourth-order valence-corrected chi connectivity index (χ4v) is 1.91. The molecule has 1 aromatic carbocycles. The zero-order valence-corrected chi connectivity index (χ0v) is 7.96. The number of anilines is 1. The van der Waals surface area contributed by atoms with Gasteiger partial charge in [0.1, 0.15) is 0 Å². The van der Waals surface area contributed by atoms with Gasteiger partial charge in [-0.25, -0.2) is 0 Å². The van der Waals surface area contributed by atoms with E-state index in [4.69, 9.17) is 5.73 Å². The van der Waals surface area contributed by atoms with Gasteiger partial charge in [-0.05, 0) is 31.4 Å². The van der Waals surface area contributed by atoms with E-state index in [0.29, 0.717) is 5.92 Å². The summed E-state index contributed by atoms with van der Waals surface area (Å²) in [5.41, 5.74) is 9.46. The predicted octanol–water partition coefficient (Wildman–Crippen LogP) is 3.01. The Bertz CT molecular complexity index is 339. The molecule has 1 aromatic rings. The average Bonchev–Trinajstić information content (AvgIpc) is 2.61. The van der Waals surface area contributed by atoms with Gasteiger partial charge >= 0.3 is 0 Å². The standard InChI is InChI=1S/C12H15N/c1-9-6-7-12(13)11(8-9)10-4-2-3-5-10/h2,4,6-8,10H,3,5,13H2,1H3. The lowest BCUT2D eigenvalue weighted by Crippen LogP contribution is -1.98. The second-order valence-electron chi connectivity index (χ2n) is 3.74. The van der Waals surface area contributed by atoms with Gasteiger partial charge in [0, 0.05) is 11.6 Å². The summed E-state index contributed by atoms with van der Waals surface area (Å²) < 4.78 is 0. The van der Waals surface area contributed by atoms with Crippen LogP contribution in [0.25, 0.3) is 0 Å². The Labute approximate surface area is 79.3 Å². The maximum atomic E-state index is 5.94. The average molecular weight is 173 g/mol. The maximum absolute atomic E-state index is 5.94. The van der Waals surface area contributed by atoms with Crippen molar-refractivity contribution in [3.8, 4) is 0 Å². The van der Waals surface area contributed by atoms with Crippen LogP contribution in [0.3, 0.4) is 0 Å². The summed E-state index contributed by atoms with van der Waals surface area (Å²) in [5.74, 6) is 0.555. The first-order valence-electron chi connectivity index (χ1n) is 4.80. The maximum Gasteiger partial charge on any atom is 0.0352 e. The van der Waals surface area contributed by atoms with Crippen LogP contribution in [0, 0.1) is 6.92 Å². The molecule has 2 rings (SSSR count). The molecular weight excluding hydrogens is 158 g/mol. The second kappa shape index (κ2) is 3.25. The molecule has 0 bridgehead atoms. The van der Waals surface area contributed by atoms with E-state index >= 15 is 0 Å². The van der Waals surface area contributed by atoms with Crippen LogP contribution in [0.15, 0.2) is 30.4 Å². The summed E-state index contributed by atoms with van der Waals surface area (Å²) in [4.78, 5) is 0. The Morgan fingerprint density at radius 2 is 2.23 bits per heavy atom. The van der Waals surface area contributed by atoms with Gasteiger partial charge < -0.3 is 5.73 Å². The van der Waals surface area contributed by atoms with Gasteiger partial charge in [0.15, 0.2) is 0 Å². The first-order chi connectivity index (χ1) is 6.27. The van der Waals surface area contributed by atoms with Crippen molar-refractivity contribution in [2.75, 3.05) is 5.73 Å². The smallest absolute Gasteiger partial charge is 0.0352 e. The summed E-state index contributed by atoms with van der Waals surface area (Å²) in [5, 5.41) is 0. The Morgan fingerprint density at radius 3 is 2.92 bits per heavy atom. The van der Waals surface area contributed by atoms with Gasteiger partial charge in [-0.1, -0.05) is 29.8 Å². The van der Waals surface area contributed by atoms with Gasteiger partial charge in [-0.2, -0.15) is 0 Å². The van der Waals surface area contributed by atoms with Crippen LogP contribution in [0.4, 0.5) is 5.69 Å². The highest BCUT2D eigenvalue weighted by atomic mass is 14.6. The molecule has 0 aromatic heterocycles. The van der Waals surface area contributed by atoms with Gasteiger partial charge in [-0.3, -0.25) is 0 Å². The number of nitrogens with two attached hydrogens (primary N) is 1. The molecule has 1 heteroatoms. The molecule has 1 unspecified atom stereocenters. The van der Waals surface area contributed by atoms with Crippen molar-refractivity contribution in [1.29, 1.82) is 0 Å². The van der Waals surface area contributed by atoms with Gasteiger partial charge in [0.05, 0.1) is 0 Å². The van der Waals surface area contributed by atoms with Gasteiger partial charge in [0.25, 0.3) is 0 Å². The summed E-state index contributed by atoms with van der Waals surface area (Å²) in [6.07, 6.45) is 6.92. The molecule has 2 N–H and O–H groups in total. The number of allylic oxidation sites excluding steroid dienone is 2. The van der Waals surface area contributed by atoms with Crippen molar-refractivity contribution in [1.82, 2.24) is 0 Å². The molecule has 68 valence electrons. The summed E-state index contributed by atoms with van der Waals surface area (Å²) in [7, 11) is 0. The van der Waals surface area contributed by atoms with Crippen molar-refractivity contribution in [3.63, 3.8) is 0 Å². The Balaban J connectivity index is 2.37. The van der Waals surface area contributed by atoms with Crippen LogP contribution in [0.1, 0.15) is 29.9 Å². The first kappa shape index (κ1) is 8.36. The molecule has 0 aliphatic heterocycles. The SMILES string of the molecule is Cc1ccc(N)c(C2C=CCC2)c1. The van der Waals surface area contributed by atoms with Crippen molar-refractivity contribution in [2.45, 2.75) is 25.7 Å². The minimum absolute atomic E-state index is 0.555. The van der Waals surface area contributed by atoms with Crippen molar-refractivity contribution in [3.05, 3.63) is 41.5 Å². The van der Waals surface area contributed by atoms with E-state index < -0.39 is 0 Å². The number of rotatable bonds is 1. The third kappa shape index (κ3) is 1.59. The lowest BCUT2D eigenvalue weighted by Gasteiger charge is -2.11. The molecule has 1 aliphatic rings. The van der Waals surface area contributed by atoms with Crippen LogP contribution in [-0.4, -0.2) is 0 Å². The molecule has 0 spiro atoms. The molecule has 0 fully saturated rings. The molecule has 1 nitrogen and oxygen atoms in total. The van der Waals surface area contributed by atoms with Crippen molar-refractivity contribution < 1.29 is 0 Å². The monoisotopic (exact) mass is 173 g/mol. The molecule has 0 saturated heterocycles. The number of nitrogen functional groups attached to an aromatic ring is 1. The molecular formula is C12H15N. The van der Waals surface area contributed by atoms with E-state index in [1.54, 1.807) is 0 Å². The number of aryl methyl sites for hydroxylation is 1. The van der Waals surface area contributed by atoms with Crippen molar-refractivity contribution in [2.24, 2.45) is 0 Å². The normalized spacial score (nSPS) is 20.8. The number of hydrogen-bond acceptors (Lipinski definition) is 1. The Kier molecular flexibility index (Phi) is 2.09. The van der Waals surface area contributed by atoms with E-state index in [1.807, 2.05) is 6.07 Å². The van der Waals surface area contributed by atoms with E-state index in [-0.39, 0.29) is 0 Å². The second-order valence-corrected chi connectivity index (χ2v) is 3.74. The van der Waals surface area contributed by atoms with Crippen LogP contribution in [0.2, 0.25) is 0 Å². The number of hydrogen-bond donors (Lipinski definition) is 1. The summed E-state index contributed by atoms with van der Waals surface area (Å²) in [6, 6.07) is 6.28. The largest absolute Gasteiger partial charge is 0.398 e. The molecule has 0 amide bonds. The minimum atomic E-state index is 0.555. The molecule has 13 heavy (non-hydrogen) atoms.